The van der Waals surface area contributed by atoms with Crippen molar-refractivity contribution in [3.05, 3.63) is 97.7 Å². The Bertz CT molecular complexity index is 1090. The Hall–Kier alpha value is -0.932. The molecule has 0 nitrogen and oxygen atoms in total. The van der Waals surface area contributed by atoms with E-state index in [0.717, 1.165) is 0 Å². The van der Waals surface area contributed by atoms with E-state index >= 15 is 0 Å². The van der Waals surface area contributed by atoms with E-state index in [1.807, 2.05) is 0 Å². The van der Waals surface area contributed by atoms with Crippen LogP contribution >= 0.6 is 0 Å². The number of benzene rings is 2. The molecule has 0 bridgehead atoms. The molecular weight excluding hydrogens is 488 g/mol. The van der Waals surface area contributed by atoms with Crippen LogP contribution in [0.15, 0.2) is 47.1 Å². The molecule has 1 aliphatic carbocycles. The Labute approximate surface area is 236 Å². The maximum absolute atomic E-state index is 4.01. The Balaban J connectivity index is 0. The molecule has 0 aliphatic heterocycles. The van der Waals surface area contributed by atoms with Gasteiger partial charge >= 0.3 is 21.7 Å². The zero-order valence-electron chi connectivity index (χ0n) is 25.4. The summed E-state index contributed by atoms with van der Waals surface area (Å²) in [5.74, 6) is 0. The summed E-state index contributed by atoms with van der Waals surface area (Å²) >= 11 is 0. The molecule has 0 aromatic heterocycles. The number of hydrogen-bond donors (Lipinski definition) is 0. The fourth-order valence-electron chi connectivity index (χ4n) is 5.29. The summed E-state index contributed by atoms with van der Waals surface area (Å²) in [5.41, 5.74) is 9.90. The molecule has 0 saturated heterocycles. The summed E-state index contributed by atoms with van der Waals surface area (Å²) in [7, 11) is -3.66. The zero-order valence-corrected chi connectivity index (χ0v) is 28.9. The van der Waals surface area contributed by atoms with E-state index in [1.165, 1.54) is 44.2 Å². The van der Waals surface area contributed by atoms with Crippen LogP contribution < -0.4 is 15.6 Å². The van der Waals surface area contributed by atoms with Gasteiger partial charge in [0.1, 0.15) is 8.07 Å². The van der Waals surface area contributed by atoms with Crippen molar-refractivity contribution >= 4 is 31.7 Å². The third-order valence-electron chi connectivity index (χ3n) is 8.34. The largest absolute Gasteiger partial charge is 4.00 e. The van der Waals surface area contributed by atoms with Crippen molar-refractivity contribution < 1.29 is 21.7 Å². The van der Waals surface area contributed by atoms with E-state index < -0.39 is 16.1 Å². The quantitative estimate of drug-likeness (QED) is 0.275. The fourth-order valence-corrected chi connectivity index (χ4v) is 11.5. The molecule has 2 aromatic carbocycles. The Morgan fingerprint density at radius 1 is 0.657 bits per heavy atom. The Kier molecular flexibility index (Phi) is 12.5. The molecule has 3 rings (SSSR count). The van der Waals surface area contributed by atoms with Gasteiger partial charge in [-0.15, -0.1) is 6.92 Å². The van der Waals surface area contributed by atoms with E-state index in [0.29, 0.717) is 0 Å². The number of hydrogen-bond acceptors (Lipinski definition) is 0. The number of aryl methyl sites for hydroxylation is 3. The molecule has 0 fully saturated rings. The molecule has 0 amide bonds. The SMILES string of the molecule is CC1=[C-]C(C)([Si](C)(c2cc(C)cc([Si](C)(C)C)c2)c2cc(C)c(C)c(C)c2)C(C)=C1C.[CH3-].[CH3-].[CH3-].[Ti+4]. The van der Waals surface area contributed by atoms with Gasteiger partial charge in [-0.1, -0.05) is 103 Å². The standard InChI is InChI=1S/C29H41Si2.3CH3.Ti/c1-19-13-26(30(9,10)11)17-27(14-19)31(12,28-15-20(2)23(5)21(3)16-28)29(8)18-22(4)24(6)25(29)7;;;;/h13-17H,1-12H3;3*1H3;/q4*-1;+4. The van der Waals surface area contributed by atoms with Gasteiger partial charge < -0.3 is 22.3 Å². The maximum Gasteiger partial charge on any atom is 4.00 e. The second-order valence-electron chi connectivity index (χ2n) is 11.3. The first-order valence-corrected chi connectivity index (χ1v) is 17.6. The minimum absolute atomic E-state index is 0. The molecule has 0 heterocycles. The summed E-state index contributed by atoms with van der Waals surface area (Å²) < 4.78 is 0. The van der Waals surface area contributed by atoms with Gasteiger partial charge in [-0.25, -0.2) is 5.57 Å². The topological polar surface area (TPSA) is 0 Å². The molecule has 0 radical (unpaired) electrons. The van der Waals surface area contributed by atoms with Crippen molar-refractivity contribution in [2.75, 3.05) is 0 Å². The summed E-state index contributed by atoms with van der Waals surface area (Å²) in [6.45, 7) is 28.4. The van der Waals surface area contributed by atoms with Crippen molar-refractivity contribution in [1.82, 2.24) is 0 Å². The van der Waals surface area contributed by atoms with Gasteiger partial charge in [-0.05, 0) is 44.4 Å². The van der Waals surface area contributed by atoms with Crippen molar-refractivity contribution in [1.29, 1.82) is 0 Å². The van der Waals surface area contributed by atoms with Crippen LogP contribution in [0.25, 0.3) is 0 Å². The molecule has 1 aliphatic rings. The molecule has 0 spiro atoms. The average Bonchev–Trinajstić information content (AvgIpc) is 2.87. The van der Waals surface area contributed by atoms with Crippen LogP contribution in [0.1, 0.15) is 49.9 Å². The maximum atomic E-state index is 4.01. The molecule has 0 saturated carbocycles. The Morgan fingerprint density at radius 3 is 1.49 bits per heavy atom. The van der Waals surface area contributed by atoms with Crippen LogP contribution in [0.4, 0.5) is 0 Å². The van der Waals surface area contributed by atoms with Crippen LogP contribution in [0.2, 0.25) is 31.2 Å². The summed E-state index contributed by atoms with van der Waals surface area (Å²) in [5, 5.41) is 4.61. The predicted molar refractivity (Wildman–Crippen MR) is 164 cm³/mol. The van der Waals surface area contributed by atoms with Crippen LogP contribution in [-0.2, 0) is 21.7 Å². The second kappa shape index (κ2) is 12.1. The molecule has 2 aromatic rings. The molecule has 35 heavy (non-hydrogen) atoms. The Morgan fingerprint density at radius 2 is 1.09 bits per heavy atom. The first-order valence-electron chi connectivity index (χ1n) is 11.6. The van der Waals surface area contributed by atoms with Gasteiger partial charge in [0.25, 0.3) is 0 Å². The van der Waals surface area contributed by atoms with Gasteiger partial charge in [0.2, 0.25) is 0 Å². The van der Waals surface area contributed by atoms with Crippen LogP contribution in [-0.4, -0.2) is 16.1 Å². The molecule has 0 N–H and O–H groups in total. The third kappa shape index (κ3) is 5.98. The van der Waals surface area contributed by atoms with E-state index in [1.54, 1.807) is 10.4 Å². The van der Waals surface area contributed by atoms with E-state index in [9.17, 15) is 0 Å². The third-order valence-corrected chi connectivity index (χ3v) is 15.7. The second-order valence-corrected chi connectivity index (χ2v) is 20.8. The molecule has 3 heteroatoms. The molecule has 2 unspecified atom stereocenters. The van der Waals surface area contributed by atoms with Crippen LogP contribution in [0, 0.1) is 56.1 Å². The summed E-state index contributed by atoms with van der Waals surface area (Å²) in [6.07, 6.45) is 4.01. The summed E-state index contributed by atoms with van der Waals surface area (Å²) in [6, 6.07) is 12.5. The minimum Gasteiger partial charge on any atom is -0.358 e. The van der Waals surface area contributed by atoms with E-state index in [2.05, 4.69) is 118 Å². The van der Waals surface area contributed by atoms with E-state index in [4.69, 9.17) is 0 Å². The van der Waals surface area contributed by atoms with Gasteiger partial charge in [-0.3, -0.25) is 6.08 Å². The van der Waals surface area contributed by atoms with Crippen molar-refractivity contribution in [2.45, 2.75) is 86.6 Å². The minimum atomic E-state index is -2.23. The van der Waals surface area contributed by atoms with Gasteiger partial charge in [0.15, 0.2) is 0 Å². The molecular formula is C32H50Si2Ti. The van der Waals surface area contributed by atoms with Gasteiger partial charge in [-0.2, -0.15) is 11.1 Å². The van der Waals surface area contributed by atoms with Gasteiger partial charge in [0, 0.05) is 0 Å². The van der Waals surface area contributed by atoms with Crippen molar-refractivity contribution in [3.8, 4) is 0 Å². The smallest absolute Gasteiger partial charge is 0.358 e. The molecule has 2 atom stereocenters. The first kappa shape index (κ1) is 36.2. The number of allylic oxidation sites excluding steroid dienone is 4. The zero-order chi connectivity index (χ0) is 23.5. The normalized spacial score (nSPS) is 18.9. The number of rotatable bonds is 4. The van der Waals surface area contributed by atoms with Crippen molar-refractivity contribution in [2.24, 2.45) is 0 Å². The average molecular weight is 539 g/mol. The monoisotopic (exact) mass is 538 g/mol. The van der Waals surface area contributed by atoms with Crippen molar-refractivity contribution in [3.63, 3.8) is 0 Å². The van der Waals surface area contributed by atoms with Crippen LogP contribution in [0.3, 0.4) is 0 Å². The summed E-state index contributed by atoms with van der Waals surface area (Å²) in [4.78, 5) is 0. The fraction of sp³-hybridized carbons (Fsp3) is 0.406. The first-order chi connectivity index (χ1) is 14.1. The molecule has 190 valence electrons. The predicted octanol–water partition coefficient (Wildman–Crippen LogP) is 7.87. The van der Waals surface area contributed by atoms with Gasteiger partial charge in [0.05, 0.1) is 8.07 Å². The van der Waals surface area contributed by atoms with E-state index in [-0.39, 0.29) is 49.0 Å². The van der Waals surface area contributed by atoms with Crippen LogP contribution in [0.5, 0.6) is 0 Å².